The summed E-state index contributed by atoms with van der Waals surface area (Å²) in [5.74, 6) is -0.940. The Labute approximate surface area is 191 Å². The van der Waals surface area contributed by atoms with Gasteiger partial charge >= 0.3 is 23.5 Å². The van der Waals surface area contributed by atoms with E-state index < -0.39 is 72.1 Å². The molecule has 0 spiro atoms. The molecule has 0 radical (unpaired) electrons. The van der Waals surface area contributed by atoms with Gasteiger partial charge in [0, 0.05) is 4.91 Å². The largest absolute Gasteiger partial charge is 0.490 e. The molecule has 22 nitrogen and oxygen atoms in total. The van der Waals surface area contributed by atoms with E-state index in [0.717, 1.165) is 4.57 Å². The first-order valence-corrected chi connectivity index (χ1v) is 13.2. The zero-order valence-corrected chi connectivity index (χ0v) is 19.3. The van der Waals surface area contributed by atoms with Crippen LogP contribution in [0.15, 0.2) is 9.91 Å². The first kappa shape index (κ1) is 27.3. The van der Waals surface area contributed by atoms with Gasteiger partial charge in [0.2, 0.25) is 11.9 Å². The lowest BCUT2D eigenvalue weighted by Crippen LogP contribution is -2.33. The van der Waals surface area contributed by atoms with Crippen LogP contribution >= 0.6 is 23.5 Å². The summed E-state index contributed by atoms with van der Waals surface area (Å²) in [5, 5.41) is 23.9. The van der Waals surface area contributed by atoms with Crippen molar-refractivity contribution in [2.45, 2.75) is 24.5 Å². The number of anilines is 1. The third-order valence-corrected chi connectivity index (χ3v) is 7.90. The van der Waals surface area contributed by atoms with Crippen LogP contribution in [0.5, 0.6) is 0 Å². The van der Waals surface area contributed by atoms with Crippen LogP contribution in [-0.2, 0) is 31.6 Å². The smallest absolute Gasteiger partial charge is 0.387 e. The van der Waals surface area contributed by atoms with Gasteiger partial charge in [0.25, 0.3) is 5.56 Å². The number of phosphoric acid groups is 3. The van der Waals surface area contributed by atoms with Crippen LogP contribution in [0.3, 0.4) is 0 Å². The highest BCUT2D eigenvalue weighted by atomic mass is 31.3. The fourth-order valence-corrected chi connectivity index (χ4v) is 5.92. The Morgan fingerprint density at radius 3 is 2.40 bits per heavy atom. The third-order valence-electron chi connectivity index (χ3n) is 4.09. The number of rotatable bonds is 9. The molecule has 0 saturated carbocycles. The van der Waals surface area contributed by atoms with Crippen molar-refractivity contribution in [3.05, 3.63) is 20.8 Å². The maximum absolute atomic E-state index is 12.1. The molecule has 1 fully saturated rings. The molecule has 1 saturated heterocycles. The number of nitrogens with two attached hydrogens (primary N) is 1. The van der Waals surface area contributed by atoms with Crippen molar-refractivity contribution in [1.82, 2.24) is 19.5 Å². The van der Waals surface area contributed by atoms with E-state index in [-0.39, 0.29) is 11.2 Å². The molecular weight excluding hydrogens is 549 g/mol. The Bertz CT molecular complexity index is 1380. The van der Waals surface area contributed by atoms with Crippen LogP contribution in [-0.4, -0.2) is 74.2 Å². The number of hydrogen-bond donors (Lipinski definition) is 8. The van der Waals surface area contributed by atoms with Gasteiger partial charge in [-0.1, -0.05) is 0 Å². The van der Waals surface area contributed by atoms with Crippen molar-refractivity contribution in [3.8, 4) is 0 Å². The highest BCUT2D eigenvalue weighted by Crippen LogP contribution is 2.66. The quantitative estimate of drug-likeness (QED) is 0.0751. The van der Waals surface area contributed by atoms with Crippen molar-refractivity contribution in [1.29, 1.82) is 0 Å². The van der Waals surface area contributed by atoms with Gasteiger partial charge in [-0.15, -0.1) is 0 Å². The van der Waals surface area contributed by atoms with Gasteiger partial charge in [-0.3, -0.25) is 18.9 Å². The van der Waals surface area contributed by atoms with Crippen molar-refractivity contribution >= 4 is 46.5 Å². The summed E-state index contributed by atoms with van der Waals surface area (Å²) >= 11 is 0. The minimum atomic E-state index is -5.79. The number of aromatic amines is 1. The molecule has 4 unspecified atom stereocenters. The van der Waals surface area contributed by atoms with E-state index in [9.17, 15) is 33.6 Å². The number of nitrogens with one attached hydrogen (secondary N) is 1. The Morgan fingerprint density at radius 2 is 1.80 bits per heavy atom. The van der Waals surface area contributed by atoms with Crippen LogP contribution in [0.1, 0.15) is 6.23 Å². The summed E-state index contributed by atoms with van der Waals surface area (Å²) in [5.41, 5.74) is 12.7. The van der Waals surface area contributed by atoms with Crippen molar-refractivity contribution in [2.24, 2.45) is 5.11 Å². The first-order valence-electron chi connectivity index (χ1n) is 8.66. The van der Waals surface area contributed by atoms with E-state index in [2.05, 4.69) is 38.1 Å². The van der Waals surface area contributed by atoms with E-state index in [1.165, 1.54) is 0 Å². The zero-order valence-electron chi connectivity index (χ0n) is 16.6. The Balaban J connectivity index is 1.84. The van der Waals surface area contributed by atoms with Crippen molar-refractivity contribution in [3.63, 3.8) is 0 Å². The lowest BCUT2D eigenvalue weighted by atomic mass is 10.1. The van der Waals surface area contributed by atoms with Crippen LogP contribution < -0.4 is 11.3 Å². The standard InChI is InChI=1S/C10H15N8O14P3/c11-9-14-6-3(7(21)15-9)13-10(16-17-12)18(6)8-5(20)4(19)2(30-8)1-29-34(25,26)32-35(27,28)31-33(22,23)24/h2,4-5,8,19-20H,1H2,(H,25,26)(H,27,28)(H2,22,23,24)(H3,11,14,15,21)/t2-,4?,5?,8-/m1/s1. The van der Waals surface area contributed by atoms with E-state index in [0.29, 0.717) is 0 Å². The van der Waals surface area contributed by atoms with E-state index >= 15 is 0 Å². The van der Waals surface area contributed by atoms with E-state index in [4.69, 9.17) is 30.7 Å². The van der Waals surface area contributed by atoms with E-state index in [1.54, 1.807) is 0 Å². The van der Waals surface area contributed by atoms with Crippen LogP contribution in [0, 0.1) is 0 Å². The number of nitrogens with zero attached hydrogens (tertiary/aromatic N) is 6. The molecule has 0 amide bonds. The molecule has 1 aliphatic rings. The molecule has 35 heavy (non-hydrogen) atoms. The second-order valence-electron chi connectivity index (χ2n) is 6.53. The lowest BCUT2D eigenvalue weighted by molar-refractivity contribution is -0.0495. The summed E-state index contributed by atoms with van der Waals surface area (Å²) in [4.78, 5) is 60.0. The summed E-state index contributed by atoms with van der Waals surface area (Å²) in [6.45, 7) is -1.11. The number of azide groups is 1. The maximum atomic E-state index is 12.1. The maximum Gasteiger partial charge on any atom is 0.490 e. The molecule has 2 aromatic rings. The summed E-state index contributed by atoms with van der Waals surface area (Å²) in [6.07, 6.45) is -7.12. The number of aliphatic hydroxyl groups excluding tert-OH is 2. The summed E-state index contributed by atoms with van der Waals surface area (Å²) in [6, 6.07) is 0. The van der Waals surface area contributed by atoms with Gasteiger partial charge in [-0.2, -0.15) is 13.6 Å². The molecule has 1 aliphatic heterocycles. The topological polar surface area (TPSA) is 348 Å². The molecular formula is C10H15N8O14P3. The molecule has 0 aromatic carbocycles. The number of aliphatic hydroxyl groups is 2. The van der Waals surface area contributed by atoms with Crippen LogP contribution in [0.2, 0.25) is 0 Å². The van der Waals surface area contributed by atoms with Crippen LogP contribution in [0.4, 0.5) is 11.9 Å². The molecule has 25 heteroatoms. The van der Waals surface area contributed by atoms with Gasteiger partial charge < -0.3 is 40.3 Å². The van der Waals surface area contributed by atoms with Gasteiger partial charge in [0.15, 0.2) is 17.4 Å². The number of hydrogen-bond acceptors (Lipinski definition) is 14. The van der Waals surface area contributed by atoms with Gasteiger partial charge in [-0.25, -0.2) is 18.7 Å². The molecule has 6 atom stereocenters. The predicted octanol–water partition coefficient (Wildman–Crippen LogP) is -1.39. The Morgan fingerprint density at radius 1 is 1.14 bits per heavy atom. The number of nitrogen functional groups attached to an aromatic ring is 1. The minimum Gasteiger partial charge on any atom is -0.387 e. The molecule has 3 rings (SSSR count). The fourth-order valence-electron chi connectivity index (χ4n) is 2.89. The molecule has 9 N–H and O–H groups in total. The van der Waals surface area contributed by atoms with Crippen molar-refractivity contribution < 1.29 is 61.4 Å². The number of H-pyrrole nitrogens is 1. The lowest BCUT2D eigenvalue weighted by Gasteiger charge is -2.19. The number of ether oxygens (including phenoxy) is 1. The molecule has 2 aromatic heterocycles. The highest BCUT2D eigenvalue weighted by molar-refractivity contribution is 7.66. The third kappa shape index (κ3) is 6.31. The zero-order chi connectivity index (χ0) is 26.3. The number of phosphoric ester groups is 1. The van der Waals surface area contributed by atoms with Crippen molar-refractivity contribution in [2.75, 3.05) is 12.3 Å². The summed E-state index contributed by atoms with van der Waals surface area (Å²) in [7, 11) is -17.0. The predicted molar refractivity (Wildman–Crippen MR) is 107 cm³/mol. The average Bonchev–Trinajstić information content (AvgIpc) is 3.15. The number of aromatic nitrogens is 4. The number of imidazole rings is 1. The average molecular weight is 564 g/mol. The number of fused-ring (bicyclic) bond motifs is 1. The molecule has 3 heterocycles. The summed E-state index contributed by atoms with van der Waals surface area (Å²) < 4.78 is 51.6. The van der Waals surface area contributed by atoms with Gasteiger partial charge in [-0.05, 0) is 10.6 Å². The van der Waals surface area contributed by atoms with Crippen LogP contribution in [0.25, 0.3) is 21.6 Å². The minimum absolute atomic E-state index is 0.335. The monoisotopic (exact) mass is 564 g/mol. The van der Waals surface area contributed by atoms with Gasteiger partial charge in [0.05, 0.1) is 6.61 Å². The second kappa shape index (κ2) is 9.66. The molecule has 0 bridgehead atoms. The Kier molecular flexibility index (Phi) is 7.55. The highest BCUT2D eigenvalue weighted by Gasteiger charge is 2.47. The normalized spacial score (nSPS) is 26.2. The SMILES string of the molecule is [N-]=[N+]=Nc1nc2c(=O)[nH]c(N)nc2n1[C@@H]1O[C@H](COP(=O)(O)OP(=O)(O)OP(=O)(O)O)C(O)C1O. The van der Waals surface area contributed by atoms with Gasteiger partial charge in [0.1, 0.15) is 18.3 Å². The Hall–Kier alpha value is -2.25. The first-order chi connectivity index (χ1) is 16.0. The van der Waals surface area contributed by atoms with E-state index in [1.807, 2.05) is 0 Å². The fraction of sp³-hybridized carbons (Fsp3) is 0.500. The molecule has 194 valence electrons. The molecule has 0 aliphatic carbocycles. The second-order valence-corrected chi connectivity index (χ2v) is 10.9.